The van der Waals surface area contributed by atoms with Crippen molar-refractivity contribution in [2.45, 2.75) is 25.8 Å². The number of esters is 1. The molecule has 3 heteroatoms. The summed E-state index contributed by atoms with van der Waals surface area (Å²) in [6.45, 7) is 7.76. The number of hydrogen-bond acceptors (Lipinski definition) is 3. The molecule has 0 aromatic carbocycles. The van der Waals surface area contributed by atoms with Crippen LogP contribution in [0.4, 0.5) is 0 Å². The molecule has 1 fully saturated rings. The van der Waals surface area contributed by atoms with E-state index >= 15 is 0 Å². The van der Waals surface area contributed by atoms with Crippen molar-refractivity contribution in [3.63, 3.8) is 0 Å². The SMILES string of the molecule is [CH2]CN1CCCC1C(=O)OCC. The first-order valence-corrected chi connectivity index (χ1v) is 4.49. The fourth-order valence-electron chi connectivity index (χ4n) is 1.60. The Balaban J connectivity index is 2.43. The van der Waals surface area contributed by atoms with Gasteiger partial charge in [-0.2, -0.15) is 0 Å². The molecule has 1 saturated heterocycles. The highest BCUT2D eigenvalue weighted by molar-refractivity contribution is 5.76. The minimum absolute atomic E-state index is 0.0255. The lowest BCUT2D eigenvalue weighted by Gasteiger charge is -2.20. The number of carbonyl (C=O) groups is 1. The third-order valence-electron chi connectivity index (χ3n) is 2.21. The van der Waals surface area contributed by atoms with Crippen LogP contribution in [0.5, 0.6) is 0 Å². The molecule has 0 aromatic heterocycles. The van der Waals surface area contributed by atoms with Crippen molar-refractivity contribution in [1.82, 2.24) is 4.90 Å². The first-order valence-electron chi connectivity index (χ1n) is 4.49. The average molecular weight is 170 g/mol. The Morgan fingerprint density at radius 3 is 3.08 bits per heavy atom. The predicted octanol–water partition coefficient (Wildman–Crippen LogP) is 0.848. The highest BCUT2D eigenvalue weighted by Gasteiger charge is 2.30. The summed E-state index contributed by atoms with van der Waals surface area (Å²) in [5.41, 5.74) is 0. The summed E-state index contributed by atoms with van der Waals surface area (Å²) < 4.78 is 4.95. The van der Waals surface area contributed by atoms with E-state index in [1.54, 1.807) is 0 Å². The van der Waals surface area contributed by atoms with Crippen molar-refractivity contribution >= 4 is 5.97 Å². The van der Waals surface area contributed by atoms with Gasteiger partial charge >= 0.3 is 5.97 Å². The van der Waals surface area contributed by atoms with Crippen LogP contribution in [0, 0.1) is 6.92 Å². The normalized spacial score (nSPS) is 24.3. The van der Waals surface area contributed by atoms with E-state index in [0.29, 0.717) is 13.2 Å². The van der Waals surface area contributed by atoms with Crippen LogP contribution in [0.1, 0.15) is 19.8 Å². The van der Waals surface area contributed by atoms with Crippen LogP contribution in [0.3, 0.4) is 0 Å². The van der Waals surface area contributed by atoms with E-state index in [1.165, 1.54) is 0 Å². The van der Waals surface area contributed by atoms with E-state index in [-0.39, 0.29) is 12.0 Å². The van der Waals surface area contributed by atoms with Crippen LogP contribution in [0.2, 0.25) is 0 Å². The molecule has 3 nitrogen and oxygen atoms in total. The minimum Gasteiger partial charge on any atom is -0.465 e. The lowest BCUT2D eigenvalue weighted by Crippen LogP contribution is -2.37. The van der Waals surface area contributed by atoms with Crippen molar-refractivity contribution in [1.29, 1.82) is 0 Å². The lowest BCUT2D eigenvalue weighted by atomic mass is 10.2. The number of nitrogens with zero attached hydrogens (tertiary/aromatic N) is 1. The van der Waals surface area contributed by atoms with Crippen LogP contribution in [-0.4, -0.2) is 36.6 Å². The molecule has 0 saturated carbocycles. The Kier molecular flexibility index (Phi) is 3.53. The molecular weight excluding hydrogens is 154 g/mol. The molecule has 1 radical (unpaired) electrons. The third-order valence-corrected chi connectivity index (χ3v) is 2.21. The Labute approximate surface area is 73.7 Å². The van der Waals surface area contributed by atoms with E-state index in [2.05, 4.69) is 11.8 Å². The maximum Gasteiger partial charge on any atom is 0.323 e. The molecule has 1 unspecified atom stereocenters. The summed E-state index contributed by atoms with van der Waals surface area (Å²) in [6.07, 6.45) is 2.01. The maximum atomic E-state index is 11.3. The summed E-state index contributed by atoms with van der Waals surface area (Å²) in [5, 5.41) is 0. The van der Waals surface area contributed by atoms with Gasteiger partial charge in [0.2, 0.25) is 0 Å². The monoisotopic (exact) mass is 170 g/mol. The quantitative estimate of drug-likeness (QED) is 0.588. The topological polar surface area (TPSA) is 29.5 Å². The van der Waals surface area contributed by atoms with Crippen molar-refractivity contribution in [3.05, 3.63) is 6.92 Å². The molecular formula is C9H16NO2. The number of rotatable bonds is 3. The highest BCUT2D eigenvalue weighted by atomic mass is 16.5. The third kappa shape index (κ3) is 1.97. The van der Waals surface area contributed by atoms with Gasteiger partial charge in [-0.25, -0.2) is 0 Å². The number of likely N-dealkylation sites (tertiary alicyclic amines) is 1. The van der Waals surface area contributed by atoms with Crippen LogP contribution < -0.4 is 0 Å². The summed E-state index contributed by atoms with van der Waals surface area (Å²) in [6, 6.07) is -0.0255. The molecule has 1 aliphatic heterocycles. The molecule has 0 aliphatic carbocycles. The Morgan fingerprint density at radius 2 is 2.50 bits per heavy atom. The number of carbonyl (C=O) groups excluding carboxylic acids is 1. The van der Waals surface area contributed by atoms with Crippen LogP contribution in [-0.2, 0) is 9.53 Å². The van der Waals surface area contributed by atoms with Crippen LogP contribution >= 0.6 is 0 Å². The van der Waals surface area contributed by atoms with E-state index in [4.69, 9.17) is 4.74 Å². The minimum atomic E-state index is -0.0846. The van der Waals surface area contributed by atoms with Gasteiger partial charge in [0.25, 0.3) is 0 Å². The van der Waals surface area contributed by atoms with Gasteiger partial charge in [-0.1, -0.05) is 0 Å². The van der Waals surface area contributed by atoms with E-state index in [1.807, 2.05) is 6.92 Å². The zero-order valence-electron chi connectivity index (χ0n) is 7.58. The molecule has 1 heterocycles. The van der Waals surface area contributed by atoms with Gasteiger partial charge in [0.05, 0.1) is 6.61 Å². The number of hydrogen-bond donors (Lipinski definition) is 0. The summed E-state index contributed by atoms with van der Waals surface area (Å²) in [7, 11) is 0. The van der Waals surface area contributed by atoms with Gasteiger partial charge in [-0.15, -0.1) is 0 Å². The molecule has 0 N–H and O–H groups in total. The first-order chi connectivity index (χ1) is 5.79. The fraction of sp³-hybridized carbons (Fsp3) is 0.778. The van der Waals surface area contributed by atoms with Crippen molar-refractivity contribution in [3.8, 4) is 0 Å². The zero-order chi connectivity index (χ0) is 8.97. The molecule has 0 bridgehead atoms. The predicted molar refractivity (Wildman–Crippen MR) is 46.6 cm³/mol. The summed E-state index contributed by atoms with van der Waals surface area (Å²) in [4.78, 5) is 13.4. The largest absolute Gasteiger partial charge is 0.465 e. The summed E-state index contributed by atoms with van der Waals surface area (Å²) in [5.74, 6) is -0.0846. The zero-order valence-corrected chi connectivity index (χ0v) is 7.58. The second-order valence-corrected chi connectivity index (χ2v) is 2.95. The van der Waals surface area contributed by atoms with Crippen LogP contribution in [0.15, 0.2) is 0 Å². The van der Waals surface area contributed by atoms with Gasteiger partial charge in [-0.05, 0) is 39.8 Å². The lowest BCUT2D eigenvalue weighted by molar-refractivity contribution is -0.148. The molecule has 1 rings (SSSR count). The molecule has 0 spiro atoms. The Hall–Kier alpha value is -0.570. The molecule has 0 aromatic rings. The maximum absolute atomic E-state index is 11.3. The van der Waals surface area contributed by atoms with Gasteiger partial charge in [0.1, 0.15) is 6.04 Å². The van der Waals surface area contributed by atoms with Gasteiger partial charge in [0, 0.05) is 0 Å². The second kappa shape index (κ2) is 4.45. The molecule has 1 aliphatic rings. The fourth-order valence-corrected chi connectivity index (χ4v) is 1.60. The van der Waals surface area contributed by atoms with Crippen LogP contribution in [0.25, 0.3) is 0 Å². The first kappa shape index (κ1) is 9.52. The standard InChI is InChI=1S/C9H16NO2/c1-3-10-7-5-6-8(10)9(11)12-4-2/h8H,1,3-7H2,2H3. The van der Waals surface area contributed by atoms with Gasteiger partial charge in [0.15, 0.2) is 0 Å². The molecule has 1 atom stereocenters. The summed E-state index contributed by atoms with van der Waals surface area (Å²) >= 11 is 0. The average Bonchev–Trinajstić information content (AvgIpc) is 2.51. The van der Waals surface area contributed by atoms with E-state index in [9.17, 15) is 4.79 Å². The van der Waals surface area contributed by atoms with Gasteiger partial charge in [-0.3, -0.25) is 9.69 Å². The molecule has 69 valence electrons. The Morgan fingerprint density at radius 1 is 1.75 bits per heavy atom. The molecule has 12 heavy (non-hydrogen) atoms. The second-order valence-electron chi connectivity index (χ2n) is 2.95. The van der Waals surface area contributed by atoms with Crippen molar-refractivity contribution < 1.29 is 9.53 Å². The smallest absolute Gasteiger partial charge is 0.323 e. The van der Waals surface area contributed by atoms with E-state index < -0.39 is 0 Å². The molecule has 0 amide bonds. The number of ether oxygens (including phenoxy) is 1. The Bertz CT molecular complexity index is 159. The highest BCUT2D eigenvalue weighted by Crippen LogP contribution is 2.17. The van der Waals surface area contributed by atoms with Gasteiger partial charge < -0.3 is 4.74 Å². The van der Waals surface area contributed by atoms with Crippen molar-refractivity contribution in [2.75, 3.05) is 19.7 Å². The van der Waals surface area contributed by atoms with E-state index in [0.717, 1.165) is 19.4 Å². The van der Waals surface area contributed by atoms with Crippen molar-refractivity contribution in [2.24, 2.45) is 0 Å².